The van der Waals surface area contributed by atoms with Crippen LogP contribution in [0.4, 0.5) is 4.39 Å². The summed E-state index contributed by atoms with van der Waals surface area (Å²) in [4.78, 5) is 28.3. The second kappa shape index (κ2) is 9.13. The highest BCUT2D eigenvalue weighted by atomic mass is 19.1. The topological polar surface area (TPSA) is 87.4 Å². The van der Waals surface area contributed by atoms with Crippen molar-refractivity contribution < 1.29 is 18.7 Å². The van der Waals surface area contributed by atoms with E-state index in [1.807, 2.05) is 29.4 Å². The first-order chi connectivity index (χ1) is 15.4. The summed E-state index contributed by atoms with van der Waals surface area (Å²) in [5, 5.41) is 11.9. The van der Waals surface area contributed by atoms with Crippen LogP contribution in [0.1, 0.15) is 76.8 Å². The van der Waals surface area contributed by atoms with E-state index in [2.05, 4.69) is 5.32 Å². The molecule has 0 aliphatic carbocycles. The number of fused-ring (bicyclic) bond motifs is 1. The van der Waals surface area contributed by atoms with Gasteiger partial charge in [-0.25, -0.2) is 4.39 Å². The number of hydrogen-bond acceptors (Lipinski definition) is 4. The Balaban J connectivity index is 1.63. The number of ether oxygens (including phenoxy) is 1. The standard InChI is InChI=1S/C24H27FN4O3/c1-3-20(17-7-6-16(13-26)11-19(17)25)27-23(30)18-12-21(29-9-10-32-14-22(18)29)24(31)28-8-4-5-15(28)2/h6-7,11-12,15,20H,3-5,8-10,14H2,1-2H3,(H,27,30)/t15?,20-/m1/s1. The minimum Gasteiger partial charge on any atom is -0.373 e. The molecule has 3 heterocycles. The van der Waals surface area contributed by atoms with Gasteiger partial charge in [-0.05, 0) is 44.4 Å². The summed E-state index contributed by atoms with van der Waals surface area (Å²) in [6, 6.07) is 7.42. The number of nitrogens with zero attached hydrogens (tertiary/aromatic N) is 3. The van der Waals surface area contributed by atoms with E-state index >= 15 is 0 Å². The fourth-order valence-corrected chi connectivity index (χ4v) is 4.60. The molecule has 168 valence electrons. The number of rotatable bonds is 5. The molecule has 4 rings (SSSR count). The van der Waals surface area contributed by atoms with Crippen molar-refractivity contribution in [1.29, 1.82) is 5.26 Å². The summed E-state index contributed by atoms with van der Waals surface area (Å²) in [5.41, 5.74) is 2.10. The molecule has 2 amide bonds. The van der Waals surface area contributed by atoms with Gasteiger partial charge in [-0.15, -0.1) is 0 Å². The zero-order valence-corrected chi connectivity index (χ0v) is 18.4. The molecule has 1 saturated heterocycles. The van der Waals surface area contributed by atoms with E-state index in [1.165, 1.54) is 18.2 Å². The van der Waals surface area contributed by atoms with Crippen molar-refractivity contribution in [3.63, 3.8) is 0 Å². The van der Waals surface area contributed by atoms with Crippen molar-refractivity contribution in [1.82, 2.24) is 14.8 Å². The number of likely N-dealkylation sites (tertiary alicyclic amines) is 1. The molecular formula is C24H27FN4O3. The average Bonchev–Trinajstić information content (AvgIpc) is 3.41. The number of amides is 2. The van der Waals surface area contributed by atoms with Crippen molar-refractivity contribution in [2.24, 2.45) is 0 Å². The van der Waals surface area contributed by atoms with Gasteiger partial charge in [-0.1, -0.05) is 13.0 Å². The Morgan fingerprint density at radius 1 is 1.34 bits per heavy atom. The molecular weight excluding hydrogens is 411 g/mol. The molecule has 0 bridgehead atoms. The van der Waals surface area contributed by atoms with E-state index in [9.17, 15) is 14.0 Å². The van der Waals surface area contributed by atoms with Crippen LogP contribution < -0.4 is 5.32 Å². The molecule has 2 aliphatic rings. The number of halogens is 1. The summed E-state index contributed by atoms with van der Waals surface area (Å²) in [7, 11) is 0. The Morgan fingerprint density at radius 3 is 2.81 bits per heavy atom. The molecule has 0 saturated carbocycles. The summed E-state index contributed by atoms with van der Waals surface area (Å²) in [5.74, 6) is -0.969. The molecule has 2 aromatic rings. The van der Waals surface area contributed by atoms with Crippen LogP contribution >= 0.6 is 0 Å². The van der Waals surface area contributed by atoms with E-state index < -0.39 is 11.9 Å². The van der Waals surface area contributed by atoms with Crippen molar-refractivity contribution in [3.8, 4) is 6.07 Å². The third kappa shape index (κ3) is 4.00. The number of aromatic nitrogens is 1. The van der Waals surface area contributed by atoms with Crippen LogP contribution in [-0.2, 0) is 17.9 Å². The van der Waals surface area contributed by atoms with Crippen LogP contribution in [0.25, 0.3) is 0 Å². The number of benzene rings is 1. The average molecular weight is 439 g/mol. The Hall–Kier alpha value is -3.18. The van der Waals surface area contributed by atoms with Gasteiger partial charge in [-0.2, -0.15) is 5.26 Å². The van der Waals surface area contributed by atoms with E-state index in [0.29, 0.717) is 48.6 Å². The first kappa shape index (κ1) is 22.0. The predicted octanol–water partition coefficient (Wildman–Crippen LogP) is 3.53. The van der Waals surface area contributed by atoms with Gasteiger partial charge in [0.25, 0.3) is 11.8 Å². The van der Waals surface area contributed by atoms with Gasteiger partial charge < -0.3 is 19.5 Å². The summed E-state index contributed by atoms with van der Waals surface area (Å²) < 4.78 is 22.0. The summed E-state index contributed by atoms with van der Waals surface area (Å²) >= 11 is 0. The fraction of sp³-hybridized carbons (Fsp3) is 0.458. The van der Waals surface area contributed by atoms with Crippen LogP contribution in [0.5, 0.6) is 0 Å². The van der Waals surface area contributed by atoms with Crippen molar-refractivity contribution in [2.75, 3.05) is 13.2 Å². The highest BCUT2D eigenvalue weighted by Gasteiger charge is 2.32. The minimum atomic E-state index is -0.562. The van der Waals surface area contributed by atoms with Gasteiger partial charge in [0.15, 0.2) is 0 Å². The molecule has 1 N–H and O–H groups in total. The van der Waals surface area contributed by atoms with E-state index in [4.69, 9.17) is 10.00 Å². The lowest BCUT2D eigenvalue weighted by molar-refractivity contribution is 0.0683. The van der Waals surface area contributed by atoms with Crippen LogP contribution in [0.3, 0.4) is 0 Å². The Bertz CT molecular complexity index is 1090. The minimum absolute atomic E-state index is 0.0672. The molecule has 1 aromatic heterocycles. The monoisotopic (exact) mass is 438 g/mol. The maximum absolute atomic E-state index is 14.5. The van der Waals surface area contributed by atoms with Crippen LogP contribution in [0, 0.1) is 17.1 Å². The van der Waals surface area contributed by atoms with Gasteiger partial charge in [0, 0.05) is 24.7 Å². The van der Waals surface area contributed by atoms with E-state index in [-0.39, 0.29) is 30.0 Å². The summed E-state index contributed by atoms with van der Waals surface area (Å²) in [6.45, 7) is 5.84. The molecule has 0 radical (unpaired) electrons. The van der Waals surface area contributed by atoms with Crippen molar-refractivity contribution in [3.05, 3.63) is 58.2 Å². The van der Waals surface area contributed by atoms with Crippen LogP contribution in [-0.4, -0.2) is 40.5 Å². The molecule has 2 aliphatic heterocycles. The molecule has 0 spiro atoms. The lowest BCUT2D eigenvalue weighted by Gasteiger charge is -2.24. The molecule has 8 heteroatoms. The number of carbonyl (C=O) groups excluding carboxylic acids is 2. The maximum Gasteiger partial charge on any atom is 0.270 e. The smallest absolute Gasteiger partial charge is 0.270 e. The second-order valence-corrected chi connectivity index (χ2v) is 8.37. The SMILES string of the molecule is CC[C@@H](NC(=O)c1cc(C(=O)N2CCCC2C)n2c1COCC2)c1ccc(C#N)cc1F. The Kier molecular flexibility index (Phi) is 6.28. The van der Waals surface area contributed by atoms with Crippen molar-refractivity contribution >= 4 is 11.8 Å². The normalized spacial score (nSPS) is 18.7. The maximum atomic E-state index is 14.5. The number of nitriles is 1. The van der Waals surface area contributed by atoms with Gasteiger partial charge in [0.1, 0.15) is 11.5 Å². The fourth-order valence-electron chi connectivity index (χ4n) is 4.60. The molecule has 32 heavy (non-hydrogen) atoms. The van der Waals surface area contributed by atoms with Gasteiger partial charge >= 0.3 is 0 Å². The van der Waals surface area contributed by atoms with Crippen LogP contribution in [0.15, 0.2) is 24.3 Å². The Morgan fingerprint density at radius 2 is 2.16 bits per heavy atom. The quantitative estimate of drug-likeness (QED) is 0.774. The van der Waals surface area contributed by atoms with Crippen molar-refractivity contribution in [2.45, 2.75) is 58.3 Å². The zero-order chi connectivity index (χ0) is 22.8. The van der Waals surface area contributed by atoms with Gasteiger partial charge in [0.05, 0.1) is 42.1 Å². The third-order valence-corrected chi connectivity index (χ3v) is 6.40. The second-order valence-electron chi connectivity index (χ2n) is 8.37. The Labute approximate surface area is 186 Å². The largest absolute Gasteiger partial charge is 0.373 e. The van der Waals surface area contributed by atoms with E-state index in [0.717, 1.165) is 12.8 Å². The molecule has 1 aromatic carbocycles. The molecule has 1 unspecified atom stereocenters. The predicted molar refractivity (Wildman–Crippen MR) is 115 cm³/mol. The first-order valence-electron chi connectivity index (χ1n) is 11.1. The lowest BCUT2D eigenvalue weighted by Crippen LogP contribution is -2.35. The van der Waals surface area contributed by atoms with E-state index in [1.54, 1.807) is 6.07 Å². The molecule has 2 atom stereocenters. The number of hydrogen-bond donors (Lipinski definition) is 1. The highest BCUT2D eigenvalue weighted by molar-refractivity contribution is 6.01. The molecule has 7 nitrogen and oxygen atoms in total. The first-order valence-corrected chi connectivity index (χ1v) is 11.1. The van der Waals surface area contributed by atoms with Gasteiger partial charge in [0.2, 0.25) is 0 Å². The lowest BCUT2D eigenvalue weighted by atomic mass is 10.0. The number of carbonyl (C=O) groups is 2. The highest BCUT2D eigenvalue weighted by Crippen LogP contribution is 2.27. The number of nitrogens with one attached hydrogen (secondary N) is 1. The zero-order valence-electron chi connectivity index (χ0n) is 18.4. The summed E-state index contributed by atoms with van der Waals surface area (Å²) in [6.07, 6.45) is 2.42. The molecule has 1 fully saturated rings. The third-order valence-electron chi connectivity index (χ3n) is 6.40. The van der Waals surface area contributed by atoms with Crippen LogP contribution in [0.2, 0.25) is 0 Å². The van der Waals surface area contributed by atoms with Gasteiger partial charge in [-0.3, -0.25) is 9.59 Å².